The minimum absolute atomic E-state index is 0.102. The Morgan fingerprint density at radius 1 is 1.17 bits per heavy atom. The van der Waals surface area contributed by atoms with Crippen molar-refractivity contribution in [3.8, 4) is 11.5 Å². The molecule has 3 aromatic rings. The number of benzene rings is 1. The first kappa shape index (κ1) is 15.4. The van der Waals surface area contributed by atoms with Crippen LogP contribution in [0.4, 0.5) is 5.13 Å². The molecule has 24 heavy (non-hydrogen) atoms. The van der Waals surface area contributed by atoms with Gasteiger partial charge in [0.1, 0.15) is 11.5 Å². The Morgan fingerprint density at radius 3 is 2.92 bits per heavy atom. The molecule has 1 saturated carbocycles. The highest BCUT2D eigenvalue weighted by atomic mass is 32.1. The molecule has 0 spiro atoms. The fraction of sp³-hybridized carbons (Fsp3) is 0.333. The number of thiazole rings is 1. The van der Waals surface area contributed by atoms with Crippen LogP contribution < -0.4 is 10.1 Å². The number of ether oxygens (including phenoxy) is 1. The van der Waals surface area contributed by atoms with Crippen LogP contribution in [0.25, 0.3) is 10.2 Å². The topological polar surface area (TPSA) is 67.3 Å². The Morgan fingerprint density at radius 2 is 2.08 bits per heavy atom. The van der Waals surface area contributed by atoms with Crippen LogP contribution in [0.3, 0.4) is 0 Å². The lowest BCUT2D eigenvalue weighted by atomic mass is 9.93. The van der Waals surface area contributed by atoms with Gasteiger partial charge in [-0.3, -0.25) is 4.98 Å². The van der Waals surface area contributed by atoms with Crippen LogP contribution in [-0.2, 0) is 0 Å². The summed E-state index contributed by atoms with van der Waals surface area (Å²) < 4.78 is 6.88. The molecule has 1 fully saturated rings. The van der Waals surface area contributed by atoms with Crippen LogP contribution in [0.1, 0.15) is 25.7 Å². The third-order valence-corrected chi connectivity index (χ3v) is 5.22. The van der Waals surface area contributed by atoms with E-state index in [1.54, 1.807) is 23.7 Å². The number of fused-ring (bicyclic) bond motifs is 1. The van der Waals surface area contributed by atoms with Crippen LogP contribution in [0.2, 0.25) is 0 Å². The van der Waals surface area contributed by atoms with Gasteiger partial charge in [0.15, 0.2) is 5.13 Å². The smallest absolute Gasteiger partial charge is 0.184 e. The van der Waals surface area contributed by atoms with Gasteiger partial charge in [0, 0.05) is 12.3 Å². The van der Waals surface area contributed by atoms with Crippen molar-refractivity contribution < 1.29 is 9.84 Å². The second-order valence-electron chi connectivity index (χ2n) is 6.04. The normalized spacial score (nSPS) is 20.9. The molecule has 2 N–H and O–H groups in total. The predicted octanol–water partition coefficient (Wildman–Crippen LogP) is 4.20. The number of hydrogen-bond acceptors (Lipinski definition) is 6. The summed E-state index contributed by atoms with van der Waals surface area (Å²) in [6, 6.07) is 9.68. The molecule has 0 aliphatic heterocycles. The highest BCUT2D eigenvalue weighted by Gasteiger charge is 2.23. The van der Waals surface area contributed by atoms with Crippen molar-refractivity contribution in [2.75, 3.05) is 5.32 Å². The summed E-state index contributed by atoms with van der Waals surface area (Å²) in [5.41, 5.74) is 0.936. The maximum Gasteiger partial charge on any atom is 0.184 e. The zero-order valence-corrected chi connectivity index (χ0v) is 14.0. The SMILES string of the molecule is O[C@@H]1CCCC[C@H]1Nc1nc2ccc(Oc3cccnc3)cc2s1. The summed E-state index contributed by atoms with van der Waals surface area (Å²) in [7, 11) is 0. The van der Waals surface area contributed by atoms with E-state index in [1.807, 2.05) is 30.3 Å². The molecule has 4 rings (SSSR count). The van der Waals surface area contributed by atoms with Gasteiger partial charge >= 0.3 is 0 Å². The van der Waals surface area contributed by atoms with Gasteiger partial charge in [0.2, 0.25) is 0 Å². The summed E-state index contributed by atoms with van der Waals surface area (Å²) in [5, 5.41) is 14.4. The van der Waals surface area contributed by atoms with Gasteiger partial charge in [0.25, 0.3) is 0 Å². The van der Waals surface area contributed by atoms with Gasteiger partial charge in [-0.1, -0.05) is 24.2 Å². The van der Waals surface area contributed by atoms with E-state index in [1.165, 1.54) is 0 Å². The lowest BCUT2D eigenvalue weighted by Crippen LogP contribution is -2.36. The maximum absolute atomic E-state index is 10.1. The summed E-state index contributed by atoms with van der Waals surface area (Å²) >= 11 is 1.59. The molecule has 1 aliphatic carbocycles. The molecule has 0 saturated heterocycles. The Balaban J connectivity index is 1.52. The molecular formula is C18H19N3O2S. The van der Waals surface area contributed by atoms with Crippen LogP contribution >= 0.6 is 11.3 Å². The number of nitrogens with zero attached hydrogens (tertiary/aromatic N) is 2. The molecule has 6 heteroatoms. The van der Waals surface area contributed by atoms with Gasteiger partial charge in [-0.25, -0.2) is 4.98 Å². The number of aromatic nitrogens is 2. The molecule has 2 atom stereocenters. The van der Waals surface area contributed by atoms with E-state index in [-0.39, 0.29) is 12.1 Å². The number of nitrogens with one attached hydrogen (secondary N) is 1. The number of aliphatic hydroxyl groups excluding tert-OH is 1. The summed E-state index contributed by atoms with van der Waals surface area (Å²) in [6.45, 7) is 0. The Hall–Kier alpha value is -2.18. The van der Waals surface area contributed by atoms with E-state index in [2.05, 4.69) is 15.3 Å². The second kappa shape index (κ2) is 6.75. The van der Waals surface area contributed by atoms with Crippen LogP contribution in [0.15, 0.2) is 42.7 Å². The fourth-order valence-corrected chi connectivity index (χ4v) is 3.97. The monoisotopic (exact) mass is 341 g/mol. The van der Waals surface area contributed by atoms with E-state index >= 15 is 0 Å². The van der Waals surface area contributed by atoms with Crippen molar-refractivity contribution >= 4 is 26.7 Å². The zero-order chi connectivity index (χ0) is 16.4. The van der Waals surface area contributed by atoms with Crippen LogP contribution in [-0.4, -0.2) is 27.2 Å². The first-order valence-corrected chi connectivity index (χ1v) is 9.03. The highest BCUT2D eigenvalue weighted by Crippen LogP contribution is 2.32. The Labute approximate surface area is 144 Å². The van der Waals surface area contributed by atoms with E-state index < -0.39 is 0 Å². The van der Waals surface area contributed by atoms with E-state index in [0.29, 0.717) is 5.75 Å². The predicted molar refractivity (Wildman–Crippen MR) is 95.8 cm³/mol. The Kier molecular flexibility index (Phi) is 4.32. The van der Waals surface area contributed by atoms with Gasteiger partial charge < -0.3 is 15.2 Å². The molecule has 0 radical (unpaired) electrons. The minimum Gasteiger partial charge on any atom is -0.456 e. The third kappa shape index (κ3) is 3.34. The summed E-state index contributed by atoms with van der Waals surface area (Å²) in [6.07, 6.45) is 7.25. The first-order chi connectivity index (χ1) is 11.8. The van der Waals surface area contributed by atoms with Gasteiger partial charge in [-0.15, -0.1) is 0 Å². The molecule has 0 unspecified atom stereocenters. The number of pyridine rings is 1. The maximum atomic E-state index is 10.1. The van der Waals surface area contributed by atoms with Gasteiger partial charge in [0.05, 0.1) is 28.6 Å². The van der Waals surface area contributed by atoms with Crippen molar-refractivity contribution in [1.29, 1.82) is 0 Å². The summed E-state index contributed by atoms with van der Waals surface area (Å²) in [5.74, 6) is 1.48. The zero-order valence-electron chi connectivity index (χ0n) is 13.2. The van der Waals surface area contributed by atoms with E-state index in [9.17, 15) is 5.11 Å². The van der Waals surface area contributed by atoms with Gasteiger partial charge in [-0.05, 0) is 37.1 Å². The van der Waals surface area contributed by atoms with Crippen molar-refractivity contribution in [3.05, 3.63) is 42.7 Å². The van der Waals surface area contributed by atoms with E-state index in [4.69, 9.17) is 4.74 Å². The van der Waals surface area contributed by atoms with Crippen molar-refractivity contribution in [2.24, 2.45) is 0 Å². The third-order valence-electron chi connectivity index (χ3n) is 4.27. The number of hydrogen-bond donors (Lipinski definition) is 2. The molecule has 5 nitrogen and oxygen atoms in total. The highest BCUT2D eigenvalue weighted by molar-refractivity contribution is 7.22. The second-order valence-corrected chi connectivity index (χ2v) is 7.07. The average molecular weight is 341 g/mol. The number of aliphatic hydroxyl groups is 1. The average Bonchev–Trinajstić information content (AvgIpc) is 2.99. The van der Waals surface area contributed by atoms with Crippen molar-refractivity contribution in [1.82, 2.24) is 9.97 Å². The van der Waals surface area contributed by atoms with Gasteiger partial charge in [-0.2, -0.15) is 0 Å². The molecule has 0 amide bonds. The Bertz CT molecular complexity index is 822. The standard InChI is InChI=1S/C18H19N3O2S/c22-16-6-2-1-5-14(16)20-18-21-15-8-7-12(10-17(15)24-18)23-13-4-3-9-19-11-13/h3-4,7-11,14,16,22H,1-2,5-6H2,(H,20,21)/t14-,16-/m1/s1. The quantitative estimate of drug-likeness (QED) is 0.744. The number of anilines is 1. The first-order valence-electron chi connectivity index (χ1n) is 8.21. The molecular weight excluding hydrogens is 322 g/mol. The fourth-order valence-electron chi connectivity index (χ4n) is 3.01. The van der Waals surface area contributed by atoms with Crippen molar-refractivity contribution in [2.45, 2.75) is 37.8 Å². The number of rotatable bonds is 4. The van der Waals surface area contributed by atoms with Crippen LogP contribution in [0.5, 0.6) is 11.5 Å². The van der Waals surface area contributed by atoms with E-state index in [0.717, 1.165) is 46.8 Å². The lowest BCUT2D eigenvalue weighted by molar-refractivity contribution is 0.116. The molecule has 124 valence electrons. The molecule has 0 bridgehead atoms. The van der Waals surface area contributed by atoms with Crippen LogP contribution in [0, 0.1) is 0 Å². The molecule has 2 heterocycles. The van der Waals surface area contributed by atoms with Crippen molar-refractivity contribution in [3.63, 3.8) is 0 Å². The summed E-state index contributed by atoms with van der Waals surface area (Å²) in [4.78, 5) is 8.67. The largest absolute Gasteiger partial charge is 0.456 e. The lowest BCUT2D eigenvalue weighted by Gasteiger charge is -2.27. The minimum atomic E-state index is -0.282. The molecule has 2 aromatic heterocycles. The molecule has 1 aromatic carbocycles. The molecule has 1 aliphatic rings.